The minimum absolute atomic E-state index is 0.0670. The van der Waals surface area contributed by atoms with Crippen LogP contribution in [0.15, 0.2) is 47.4 Å². The van der Waals surface area contributed by atoms with Gasteiger partial charge in [-0.3, -0.25) is 9.36 Å². The van der Waals surface area contributed by atoms with Crippen molar-refractivity contribution in [2.75, 3.05) is 11.9 Å². The van der Waals surface area contributed by atoms with Gasteiger partial charge in [0.05, 0.1) is 25.2 Å². The zero-order chi connectivity index (χ0) is 24.9. The van der Waals surface area contributed by atoms with E-state index in [1.165, 1.54) is 4.57 Å². The molecule has 2 aliphatic heterocycles. The number of carbonyl (C=O) groups excluding carboxylic acids is 1. The lowest BCUT2D eigenvalue weighted by atomic mass is 10.0. The minimum Gasteiger partial charge on any atom is -0.352 e. The summed E-state index contributed by atoms with van der Waals surface area (Å²) < 4.78 is 22.1. The first-order valence-corrected chi connectivity index (χ1v) is 12.9. The highest BCUT2D eigenvalue weighted by molar-refractivity contribution is 7.44. The van der Waals surface area contributed by atoms with Gasteiger partial charge in [-0.15, -0.1) is 0 Å². The predicted octanol–water partition coefficient (Wildman–Crippen LogP) is 3.83. The number of nitrogens with zero attached hydrogens (tertiary/aromatic N) is 4. The second kappa shape index (κ2) is 11.4. The second-order valence-corrected chi connectivity index (χ2v) is 10.2. The van der Waals surface area contributed by atoms with Crippen LogP contribution >= 0.6 is 8.53 Å². The Bertz CT molecular complexity index is 1120. The smallest absolute Gasteiger partial charge is 0.351 e. The minimum atomic E-state index is -1.28. The van der Waals surface area contributed by atoms with Gasteiger partial charge in [0.15, 0.2) is 0 Å². The molecule has 0 saturated carbocycles. The number of ether oxygens (including phenoxy) is 1. The predicted molar refractivity (Wildman–Crippen MR) is 130 cm³/mol. The van der Waals surface area contributed by atoms with E-state index in [4.69, 9.17) is 19.0 Å². The van der Waals surface area contributed by atoms with E-state index in [1.807, 2.05) is 6.07 Å². The number of anilines is 1. The molecule has 186 valence electrons. The third kappa shape index (κ3) is 5.77. The van der Waals surface area contributed by atoms with Crippen molar-refractivity contribution in [3.63, 3.8) is 0 Å². The highest BCUT2D eigenvalue weighted by Gasteiger charge is 2.48. The molecule has 2 aromatic rings. The monoisotopic (exact) mass is 499 g/mol. The van der Waals surface area contributed by atoms with Gasteiger partial charge in [-0.2, -0.15) is 10.2 Å². The van der Waals surface area contributed by atoms with Gasteiger partial charge in [-0.1, -0.05) is 18.2 Å². The zero-order valence-electron chi connectivity index (χ0n) is 20.0. The van der Waals surface area contributed by atoms with Gasteiger partial charge in [0.2, 0.25) is 0 Å². The number of nitrogens with one attached hydrogen (secondary N) is 1. The highest BCUT2D eigenvalue weighted by atomic mass is 31.2. The van der Waals surface area contributed by atoms with E-state index in [0.717, 1.165) is 6.42 Å². The number of hydrogen-bond acceptors (Lipinski definition) is 8. The Morgan fingerprint density at radius 1 is 1.31 bits per heavy atom. The lowest BCUT2D eigenvalue weighted by Crippen LogP contribution is -2.41. The van der Waals surface area contributed by atoms with E-state index in [1.54, 1.807) is 36.5 Å². The molecular weight excluding hydrogens is 469 g/mol. The van der Waals surface area contributed by atoms with Crippen molar-refractivity contribution in [2.45, 2.75) is 70.6 Å². The van der Waals surface area contributed by atoms with Crippen LogP contribution < -0.4 is 11.0 Å². The van der Waals surface area contributed by atoms with Crippen LogP contribution in [0.4, 0.5) is 5.82 Å². The molecule has 2 saturated heterocycles. The van der Waals surface area contributed by atoms with E-state index < -0.39 is 20.4 Å². The Morgan fingerprint density at radius 3 is 2.77 bits per heavy atom. The van der Waals surface area contributed by atoms with Crippen LogP contribution in [0.2, 0.25) is 0 Å². The maximum Gasteiger partial charge on any atom is 0.351 e. The Morgan fingerprint density at radius 2 is 2.09 bits per heavy atom. The second-order valence-electron chi connectivity index (χ2n) is 8.79. The highest BCUT2D eigenvalue weighted by Crippen LogP contribution is 2.55. The molecule has 1 aromatic carbocycles. The lowest BCUT2D eigenvalue weighted by Gasteiger charge is -2.29. The normalized spacial score (nSPS) is 26.7. The molecule has 1 N–H and O–H groups in total. The van der Waals surface area contributed by atoms with Crippen molar-refractivity contribution in [1.29, 1.82) is 5.26 Å². The first-order chi connectivity index (χ1) is 16.9. The number of benzene rings is 1. The molecule has 0 spiro atoms. The standard InChI is InChI=1S/C24H30N5O5P/c1-16(2)29-17(3)22(34-35(29)32-15-7-13-25)19-10-11-21(33-19)28-14-12-20(27-24(28)31)26-23(30)18-8-5-4-6-9-18/h4-6,8-9,12,14,16-17,19,21-22H,7,10-11,15H2,1-3H3,(H,26,27,30,31)/t17?,19-,21?,22?,35?/m0/s1. The van der Waals surface area contributed by atoms with Crippen LogP contribution in [0.5, 0.6) is 0 Å². The van der Waals surface area contributed by atoms with Crippen LogP contribution in [0, 0.1) is 11.3 Å². The molecule has 4 unspecified atom stereocenters. The van der Waals surface area contributed by atoms with E-state index >= 15 is 0 Å². The van der Waals surface area contributed by atoms with Crippen LogP contribution in [-0.2, 0) is 13.8 Å². The molecule has 0 radical (unpaired) electrons. The quantitative estimate of drug-likeness (QED) is 0.430. The summed E-state index contributed by atoms with van der Waals surface area (Å²) in [5.74, 6) is -0.141. The summed E-state index contributed by atoms with van der Waals surface area (Å²) in [6.07, 6.45) is 2.41. The summed E-state index contributed by atoms with van der Waals surface area (Å²) in [6, 6.07) is 12.7. The molecule has 4 rings (SSSR count). The van der Waals surface area contributed by atoms with Gasteiger partial charge in [-0.05, 0) is 51.8 Å². The average molecular weight is 500 g/mol. The number of rotatable bonds is 8. The molecule has 1 aromatic heterocycles. The fraction of sp³-hybridized carbons (Fsp3) is 0.500. The number of nitriles is 1. The first kappa shape index (κ1) is 25.4. The van der Waals surface area contributed by atoms with Crippen LogP contribution in [-0.4, -0.2) is 51.0 Å². The molecule has 1 amide bonds. The maximum absolute atomic E-state index is 12.7. The summed E-state index contributed by atoms with van der Waals surface area (Å²) in [5.41, 5.74) is -0.00840. The molecule has 2 aliphatic rings. The topological polar surface area (TPSA) is 119 Å². The van der Waals surface area contributed by atoms with Gasteiger partial charge < -0.3 is 19.1 Å². The number of amides is 1. The molecule has 5 atom stereocenters. The van der Waals surface area contributed by atoms with E-state index in [-0.39, 0.29) is 36.0 Å². The molecule has 3 heterocycles. The number of aromatic nitrogens is 2. The van der Waals surface area contributed by atoms with E-state index in [9.17, 15) is 9.59 Å². The van der Waals surface area contributed by atoms with Crippen molar-refractivity contribution >= 4 is 20.3 Å². The van der Waals surface area contributed by atoms with Gasteiger partial charge in [0, 0.05) is 23.8 Å². The zero-order valence-corrected chi connectivity index (χ0v) is 20.9. The van der Waals surface area contributed by atoms with Gasteiger partial charge >= 0.3 is 5.69 Å². The van der Waals surface area contributed by atoms with Crippen molar-refractivity contribution in [1.82, 2.24) is 14.2 Å². The van der Waals surface area contributed by atoms with Crippen molar-refractivity contribution in [2.24, 2.45) is 0 Å². The summed E-state index contributed by atoms with van der Waals surface area (Å²) in [7, 11) is -1.28. The van der Waals surface area contributed by atoms with Crippen LogP contribution in [0.1, 0.15) is 56.6 Å². The number of hydrogen-bond donors (Lipinski definition) is 1. The Hall–Kier alpha value is -2.67. The summed E-state index contributed by atoms with van der Waals surface area (Å²) >= 11 is 0. The van der Waals surface area contributed by atoms with Gasteiger partial charge in [0.25, 0.3) is 14.4 Å². The average Bonchev–Trinajstić information content (AvgIpc) is 3.44. The van der Waals surface area contributed by atoms with Crippen molar-refractivity contribution in [3.05, 3.63) is 58.6 Å². The first-order valence-electron chi connectivity index (χ1n) is 11.7. The third-order valence-corrected chi connectivity index (χ3v) is 8.08. The Kier molecular flexibility index (Phi) is 8.26. The SMILES string of the molecule is CC(C)N1C(C)C([C@@H]2CCC(n3ccc(NC(=O)c4ccccc4)nc3=O)O2)OP1OCCC#N. The molecule has 2 fully saturated rings. The summed E-state index contributed by atoms with van der Waals surface area (Å²) in [4.78, 5) is 29.1. The largest absolute Gasteiger partial charge is 0.352 e. The molecule has 11 heteroatoms. The molecule has 35 heavy (non-hydrogen) atoms. The Balaban J connectivity index is 1.40. The summed E-state index contributed by atoms with van der Waals surface area (Å²) in [5, 5.41) is 11.5. The van der Waals surface area contributed by atoms with Gasteiger partial charge in [-0.25, -0.2) is 9.46 Å². The summed E-state index contributed by atoms with van der Waals surface area (Å²) in [6.45, 7) is 6.60. The van der Waals surface area contributed by atoms with Crippen molar-refractivity contribution < 1.29 is 18.6 Å². The van der Waals surface area contributed by atoms with E-state index in [0.29, 0.717) is 25.0 Å². The molecule has 10 nitrogen and oxygen atoms in total. The van der Waals surface area contributed by atoms with Crippen molar-refractivity contribution in [3.8, 4) is 6.07 Å². The van der Waals surface area contributed by atoms with Crippen LogP contribution in [0.3, 0.4) is 0 Å². The lowest BCUT2D eigenvalue weighted by molar-refractivity contribution is -0.0542. The van der Waals surface area contributed by atoms with Crippen LogP contribution in [0.25, 0.3) is 0 Å². The maximum atomic E-state index is 12.7. The fourth-order valence-corrected chi connectivity index (χ4v) is 6.30. The number of carbonyl (C=O) groups is 1. The molecule has 0 bridgehead atoms. The van der Waals surface area contributed by atoms with E-state index in [2.05, 4.69) is 41.8 Å². The molecular formula is C24H30N5O5P. The Labute approximate surface area is 205 Å². The molecule has 0 aliphatic carbocycles. The fourth-order valence-electron chi connectivity index (χ4n) is 4.42. The van der Waals surface area contributed by atoms with Gasteiger partial charge in [0.1, 0.15) is 18.1 Å². The third-order valence-electron chi connectivity index (χ3n) is 6.05.